The van der Waals surface area contributed by atoms with Crippen molar-refractivity contribution in [3.8, 4) is 0 Å². The summed E-state index contributed by atoms with van der Waals surface area (Å²) in [7, 11) is -1.62. The molecule has 0 amide bonds. The zero-order chi connectivity index (χ0) is 15.7. The van der Waals surface area contributed by atoms with E-state index in [-0.39, 0.29) is 0 Å². The van der Waals surface area contributed by atoms with Crippen LogP contribution in [0.15, 0.2) is 53.6 Å². The number of aliphatic hydroxyl groups is 1. The lowest BCUT2D eigenvalue weighted by Gasteiger charge is -2.36. The number of hydrogen-bond donors (Lipinski definition) is 1. The Kier molecular flexibility index (Phi) is 4.56. The number of ether oxygens (including phenoxy) is 1. The fraction of sp³-hybridized carbons (Fsp3) is 0.444. The summed E-state index contributed by atoms with van der Waals surface area (Å²) in [6.45, 7) is 10.8. The molecule has 2 atom stereocenters. The molecule has 2 unspecified atom stereocenters. The van der Waals surface area contributed by atoms with E-state index in [4.69, 9.17) is 4.74 Å². The van der Waals surface area contributed by atoms with Gasteiger partial charge in [0.2, 0.25) is 0 Å². The molecule has 1 aromatic rings. The summed E-state index contributed by atoms with van der Waals surface area (Å²) in [5, 5.41) is 11.3. The zero-order valence-corrected chi connectivity index (χ0v) is 14.7. The molecule has 0 aromatic heterocycles. The molecule has 0 spiro atoms. The molecule has 2 rings (SSSR count). The highest BCUT2D eigenvalue weighted by molar-refractivity contribution is 6.89. The maximum atomic E-state index is 9.89. The van der Waals surface area contributed by atoms with Gasteiger partial charge in [0.05, 0.1) is 6.10 Å². The first kappa shape index (κ1) is 16.2. The van der Waals surface area contributed by atoms with Crippen molar-refractivity contribution >= 4 is 13.3 Å². The van der Waals surface area contributed by atoms with Crippen LogP contribution in [0.4, 0.5) is 0 Å². The quantitative estimate of drug-likeness (QED) is 0.684. The van der Waals surface area contributed by atoms with Gasteiger partial charge in [0.25, 0.3) is 0 Å². The van der Waals surface area contributed by atoms with Crippen LogP contribution in [0.3, 0.4) is 0 Å². The van der Waals surface area contributed by atoms with E-state index in [1.807, 2.05) is 19.1 Å². The second kappa shape index (κ2) is 5.91. The molecule has 2 nitrogen and oxygen atoms in total. The Bertz CT molecular complexity index is 560. The summed E-state index contributed by atoms with van der Waals surface area (Å²) < 4.78 is 6.33. The van der Waals surface area contributed by atoms with Gasteiger partial charge < -0.3 is 9.84 Å². The molecule has 1 N–H and O–H groups in total. The van der Waals surface area contributed by atoms with Crippen LogP contribution in [0.25, 0.3) is 0 Å². The molecule has 114 valence electrons. The highest BCUT2D eigenvalue weighted by Crippen LogP contribution is 2.32. The molecule has 0 heterocycles. The smallest absolute Gasteiger partial charge is 0.109 e. The number of aliphatic hydroxyl groups excluding tert-OH is 1. The lowest BCUT2D eigenvalue weighted by molar-refractivity contribution is 0.0553. The molecular formula is C18H26O2Si. The van der Waals surface area contributed by atoms with Gasteiger partial charge in [-0.1, -0.05) is 60.8 Å². The average Bonchev–Trinajstić information content (AvgIpc) is 2.49. The first-order chi connectivity index (χ1) is 9.76. The van der Waals surface area contributed by atoms with Crippen LogP contribution in [0.2, 0.25) is 13.1 Å². The van der Waals surface area contributed by atoms with E-state index >= 15 is 0 Å². The Balaban J connectivity index is 2.14. The first-order valence-electron chi connectivity index (χ1n) is 7.51. The van der Waals surface area contributed by atoms with Gasteiger partial charge in [-0.05, 0) is 31.9 Å². The maximum Gasteiger partial charge on any atom is 0.109 e. The third kappa shape index (κ3) is 3.36. The van der Waals surface area contributed by atoms with E-state index in [1.54, 1.807) is 0 Å². The van der Waals surface area contributed by atoms with Gasteiger partial charge in [-0.25, -0.2) is 0 Å². The third-order valence-electron chi connectivity index (χ3n) is 4.66. The minimum absolute atomic E-state index is 0.400. The van der Waals surface area contributed by atoms with Crippen LogP contribution >= 0.6 is 0 Å². The molecule has 1 aliphatic rings. The molecule has 0 aliphatic heterocycles. The Hall–Kier alpha value is -1.16. The standard InChI is InChI=1S/C18H26O2Si/c1-14-15(2)18(3,12-11-17(14)19)20-13-21(4,5)16-9-7-6-8-10-16/h6-12,17,19H,13H2,1-5H3. The number of benzene rings is 1. The minimum atomic E-state index is -1.62. The van der Waals surface area contributed by atoms with Crippen molar-refractivity contribution in [2.75, 3.05) is 6.23 Å². The van der Waals surface area contributed by atoms with Gasteiger partial charge in [-0.2, -0.15) is 0 Å². The predicted octanol–water partition coefficient (Wildman–Crippen LogP) is 3.18. The molecule has 0 fully saturated rings. The monoisotopic (exact) mass is 302 g/mol. The van der Waals surface area contributed by atoms with Crippen LogP contribution in [0, 0.1) is 0 Å². The van der Waals surface area contributed by atoms with E-state index < -0.39 is 19.8 Å². The van der Waals surface area contributed by atoms with E-state index in [0.717, 1.165) is 17.4 Å². The first-order valence-corrected chi connectivity index (χ1v) is 10.7. The molecule has 0 radical (unpaired) electrons. The summed E-state index contributed by atoms with van der Waals surface area (Å²) in [4.78, 5) is 0. The van der Waals surface area contributed by atoms with E-state index in [1.165, 1.54) is 5.19 Å². The zero-order valence-electron chi connectivity index (χ0n) is 13.7. The summed E-state index contributed by atoms with van der Waals surface area (Å²) in [5.41, 5.74) is 1.72. The van der Waals surface area contributed by atoms with Crippen LogP contribution in [0.5, 0.6) is 0 Å². The summed E-state index contributed by atoms with van der Waals surface area (Å²) in [5.74, 6) is 0. The Morgan fingerprint density at radius 2 is 1.81 bits per heavy atom. The SMILES string of the molecule is CC1=C(C)C(C)(OC[Si](C)(C)c2ccccc2)C=CC1O. The maximum absolute atomic E-state index is 9.89. The molecule has 1 aromatic carbocycles. The normalized spacial score (nSPS) is 26.3. The predicted molar refractivity (Wildman–Crippen MR) is 91.4 cm³/mol. The van der Waals surface area contributed by atoms with Crippen LogP contribution in [-0.2, 0) is 4.74 Å². The van der Waals surface area contributed by atoms with Gasteiger partial charge in [-0.15, -0.1) is 0 Å². The van der Waals surface area contributed by atoms with Gasteiger partial charge >= 0.3 is 0 Å². The number of hydrogen-bond acceptors (Lipinski definition) is 2. The van der Waals surface area contributed by atoms with Gasteiger partial charge in [0, 0.05) is 6.23 Å². The summed E-state index contributed by atoms with van der Waals surface area (Å²) in [6, 6.07) is 10.6. The Labute approximate surface area is 129 Å². The van der Waals surface area contributed by atoms with Crippen LogP contribution < -0.4 is 5.19 Å². The molecule has 3 heteroatoms. The fourth-order valence-electron chi connectivity index (χ4n) is 2.62. The largest absolute Gasteiger partial charge is 0.385 e. The van der Waals surface area contributed by atoms with Crippen molar-refractivity contribution in [2.45, 2.75) is 45.6 Å². The van der Waals surface area contributed by atoms with Crippen molar-refractivity contribution in [1.82, 2.24) is 0 Å². The van der Waals surface area contributed by atoms with Crippen molar-refractivity contribution < 1.29 is 9.84 Å². The molecule has 21 heavy (non-hydrogen) atoms. The second-order valence-electron chi connectivity index (χ2n) is 6.76. The van der Waals surface area contributed by atoms with Crippen molar-refractivity contribution in [1.29, 1.82) is 0 Å². The van der Waals surface area contributed by atoms with Crippen molar-refractivity contribution in [3.63, 3.8) is 0 Å². The van der Waals surface area contributed by atoms with Crippen molar-refractivity contribution in [2.24, 2.45) is 0 Å². The van der Waals surface area contributed by atoms with E-state index in [2.05, 4.69) is 57.3 Å². The molecular weight excluding hydrogens is 276 g/mol. The highest BCUT2D eigenvalue weighted by atomic mass is 28.3. The topological polar surface area (TPSA) is 29.5 Å². The van der Waals surface area contributed by atoms with E-state index in [0.29, 0.717) is 0 Å². The summed E-state index contributed by atoms with van der Waals surface area (Å²) in [6.07, 6.45) is 4.12. The highest BCUT2D eigenvalue weighted by Gasteiger charge is 2.34. The Morgan fingerprint density at radius 1 is 1.19 bits per heavy atom. The minimum Gasteiger partial charge on any atom is -0.385 e. The van der Waals surface area contributed by atoms with Crippen LogP contribution in [-0.4, -0.2) is 31.1 Å². The Morgan fingerprint density at radius 3 is 2.43 bits per heavy atom. The molecule has 0 saturated heterocycles. The van der Waals surface area contributed by atoms with Gasteiger partial charge in [0.15, 0.2) is 0 Å². The number of rotatable bonds is 4. The van der Waals surface area contributed by atoms with Crippen LogP contribution in [0.1, 0.15) is 20.8 Å². The lowest BCUT2D eigenvalue weighted by Crippen LogP contribution is -2.49. The second-order valence-corrected chi connectivity index (χ2v) is 11.4. The lowest BCUT2D eigenvalue weighted by atomic mass is 9.85. The molecule has 0 bridgehead atoms. The fourth-order valence-corrected chi connectivity index (χ4v) is 4.54. The third-order valence-corrected chi connectivity index (χ3v) is 7.43. The molecule has 0 saturated carbocycles. The van der Waals surface area contributed by atoms with E-state index in [9.17, 15) is 5.11 Å². The van der Waals surface area contributed by atoms with Gasteiger partial charge in [-0.3, -0.25) is 0 Å². The summed E-state index contributed by atoms with van der Waals surface area (Å²) >= 11 is 0. The average molecular weight is 302 g/mol. The van der Waals surface area contributed by atoms with Crippen molar-refractivity contribution in [3.05, 3.63) is 53.6 Å². The van der Waals surface area contributed by atoms with Gasteiger partial charge in [0.1, 0.15) is 13.7 Å². The molecule has 1 aliphatic carbocycles.